The third-order valence-electron chi connectivity index (χ3n) is 4.01. The lowest BCUT2D eigenvalue weighted by Gasteiger charge is -2.40. The minimum Gasteiger partial charge on any atom is -0.342 e. The molecule has 1 rings (SSSR count). The van der Waals surface area contributed by atoms with Crippen LogP contribution in [0.1, 0.15) is 40.5 Å². The molecule has 116 valence electrons. The second kappa shape index (κ2) is 7.76. The van der Waals surface area contributed by atoms with E-state index in [2.05, 4.69) is 5.32 Å². The Hall–Kier alpha value is -0.910. The van der Waals surface area contributed by atoms with Crippen molar-refractivity contribution in [3.63, 3.8) is 0 Å². The van der Waals surface area contributed by atoms with Crippen LogP contribution < -0.4 is 5.32 Å². The lowest BCUT2D eigenvalue weighted by atomic mass is 9.93. The van der Waals surface area contributed by atoms with Gasteiger partial charge in [0.2, 0.25) is 11.8 Å². The number of carbonyl (C=O) groups is 2. The van der Waals surface area contributed by atoms with Crippen LogP contribution in [0, 0.1) is 5.92 Å². The minimum absolute atomic E-state index is 0.0288. The number of rotatable bonds is 7. The first kappa shape index (κ1) is 17.1. The maximum absolute atomic E-state index is 12.6. The van der Waals surface area contributed by atoms with Crippen LogP contribution in [-0.2, 0) is 20.4 Å². The molecule has 0 aromatic carbocycles. The maximum Gasteiger partial charge on any atom is 0.246 e. The zero-order valence-electron chi connectivity index (χ0n) is 12.8. The fraction of sp³-hybridized carbons (Fsp3) is 0.857. The zero-order chi connectivity index (χ0) is 15.3. The van der Waals surface area contributed by atoms with E-state index in [-0.39, 0.29) is 17.7 Å². The smallest absolute Gasteiger partial charge is 0.246 e. The second-order valence-corrected chi connectivity index (χ2v) is 7.13. The van der Waals surface area contributed by atoms with Crippen LogP contribution in [-0.4, -0.2) is 51.1 Å². The summed E-state index contributed by atoms with van der Waals surface area (Å²) in [5.41, 5.74) is 0. The summed E-state index contributed by atoms with van der Waals surface area (Å²) in [6, 6.07) is -0.859. The third kappa shape index (κ3) is 3.81. The van der Waals surface area contributed by atoms with Crippen molar-refractivity contribution in [3.05, 3.63) is 0 Å². The molecular weight excluding hydrogens is 276 g/mol. The molecule has 1 heterocycles. The molecule has 0 aliphatic carbocycles. The normalized spacial score (nSPS) is 26.3. The highest BCUT2D eigenvalue weighted by Crippen LogP contribution is 2.19. The Morgan fingerprint density at radius 2 is 1.95 bits per heavy atom. The average Bonchev–Trinajstić information content (AvgIpc) is 2.46. The Balaban J connectivity index is 2.86. The molecule has 1 aliphatic heterocycles. The van der Waals surface area contributed by atoms with E-state index < -0.39 is 22.9 Å². The molecule has 4 unspecified atom stereocenters. The minimum atomic E-state index is -0.921. The molecule has 0 aromatic rings. The molecule has 20 heavy (non-hydrogen) atoms. The van der Waals surface area contributed by atoms with Crippen LogP contribution in [0.4, 0.5) is 0 Å². The van der Waals surface area contributed by atoms with Gasteiger partial charge in [0.25, 0.3) is 0 Å². The number of carbonyl (C=O) groups excluding carboxylic acids is 2. The van der Waals surface area contributed by atoms with Gasteiger partial charge in [-0.2, -0.15) is 0 Å². The lowest BCUT2D eigenvalue weighted by molar-refractivity contribution is -0.150. The van der Waals surface area contributed by atoms with Gasteiger partial charge in [0.05, 0.1) is 0 Å². The number of amides is 2. The summed E-state index contributed by atoms with van der Waals surface area (Å²) in [7, 11) is -0.921. The van der Waals surface area contributed by atoms with E-state index in [0.29, 0.717) is 24.5 Å². The molecule has 4 atom stereocenters. The third-order valence-corrected chi connectivity index (χ3v) is 5.29. The molecule has 5 nitrogen and oxygen atoms in total. The summed E-state index contributed by atoms with van der Waals surface area (Å²) in [6.45, 7) is 8.13. The van der Waals surface area contributed by atoms with E-state index in [0.717, 1.165) is 6.42 Å². The molecule has 2 amide bonds. The van der Waals surface area contributed by atoms with Crippen LogP contribution in [0.2, 0.25) is 0 Å². The van der Waals surface area contributed by atoms with E-state index >= 15 is 0 Å². The summed E-state index contributed by atoms with van der Waals surface area (Å²) in [4.78, 5) is 26.3. The second-order valence-electron chi connectivity index (χ2n) is 5.26. The lowest BCUT2D eigenvalue weighted by Crippen LogP contribution is -2.65. The van der Waals surface area contributed by atoms with Gasteiger partial charge < -0.3 is 10.2 Å². The monoisotopic (exact) mass is 302 g/mol. The molecule has 0 bridgehead atoms. The van der Waals surface area contributed by atoms with Crippen LogP contribution in [0.15, 0.2) is 0 Å². The Morgan fingerprint density at radius 1 is 1.30 bits per heavy atom. The largest absolute Gasteiger partial charge is 0.342 e. The van der Waals surface area contributed by atoms with Gasteiger partial charge >= 0.3 is 0 Å². The van der Waals surface area contributed by atoms with E-state index in [4.69, 9.17) is 0 Å². The fourth-order valence-corrected chi connectivity index (χ4v) is 3.11. The van der Waals surface area contributed by atoms with Crippen LogP contribution >= 0.6 is 0 Å². The quantitative estimate of drug-likeness (QED) is 0.760. The van der Waals surface area contributed by atoms with Gasteiger partial charge in [-0.3, -0.25) is 13.8 Å². The van der Waals surface area contributed by atoms with Gasteiger partial charge in [0.15, 0.2) is 0 Å². The van der Waals surface area contributed by atoms with Crippen molar-refractivity contribution in [2.75, 3.05) is 18.1 Å². The van der Waals surface area contributed by atoms with Gasteiger partial charge in [-0.15, -0.1) is 0 Å². The van der Waals surface area contributed by atoms with Crippen molar-refractivity contribution < 1.29 is 13.8 Å². The molecule has 0 spiro atoms. The molecule has 1 fully saturated rings. The van der Waals surface area contributed by atoms with Crippen LogP contribution in [0.5, 0.6) is 0 Å². The van der Waals surface area contributed by atoms with Gasteiger partial charge in [-0.25, -0.2) is 0 Å². The van der Waals surface area contributed by atoms with Crippen molar-refractivity contribution in [1.29, 1.82) is 0 Å². The first-order chi connectivity index (χ1) is 9.46. The van der Waals surface area contributed by atoms with Gasteiger partial charge in [-0.05, 0) is 12.3 Å². The highest BCUT2D eigenvalue weighted by Gasteiger charge is 2.41. The molecule has 1 N–H and O–H groups in total. The SMILES string of the molecule is CCC(C)C1NC(=O)C(CC)N(CCS(=O)CC)C1=O. The first-order valence-corrected chi connectivity index (χ1v) is 8.90. The molecule has 0 saturated carbocycles. The number of piperazine rings is 1. The van der Waals surface area contributed by atoms with Crippen LogP contribution in [0.3, 0.4) is 0 Å². The van der Waals surface area contributed by atoms with Crippen molar-refractivity contribution in [3.8, 4) is 0 Å². The molecule has 1 aliphatic rings. The summed E-state index contributed by atoms with van der Waals surface area (Å²) in [5, 5.41) is 2.84. The average molecular weight is 302 g/mol. The summed E-state index contributed by atoms with van der Waals surface area (Å²) >= 11 is 0. The number of hydrogen-bond donors (Lipinski definition) is 1. The van der Waals surface area contributed by atoms with E-state index in [1.807, 2.05) is 27.7 Å². The summed E-state index contributed by atoms with van der Waals surface area (Å²) in [6.07, 6.45) is 1.42. The fourth-order valence-electron chi connectivity index (χ4n) is 2.42. The van der Waals surface area contributed by atoms with Gasteiger partial charge in [0.1, 0.15) is 12.1 Å². The summed E-state index contributed by atoms with van der Waals surface area (Å²) in [5.74, 6) is 1.03. The molecule has 1 saturated heterocycles. The number of hydrogen-bond acceptors (Lipinski definition) is 3. The van der Waals surface area contributed by atoms with E-state index in [9.17, 15) is 13.8 Å². The topological polar surface area (TPSA) is 66.5 Å². The Kier molecular flexibility index (Phi) is 6.65. The Bertz CT molecular complexity index is 387. The number of nitrogens with one attached hydrogen (secondary N) is 1. The van der Waals surface area contributed by atoms with Crippen molar-refractivity contribution >= 4 is 22.6 Å². The van der Waals surface area contributed by atoms with E-state index in [1.54, 1.807) is 4.90 Å². The van der Waals surface area contributed by atoms with Gasteiger partial charge in [0, 0.05) is 28.9 Å². The maximum atomic E-state index is 12.6. The summed E-state index contributed by atoms with van der Waals surface area (Å²) < 4.78 is 11.6. The Morgan fingerprint density at radius 3 is 2.45 bits per heavy atom. The first-order valence-electron chi connectivity index (χ1n) is 7.41. The van der Waals surface area contributed by atoms with Crippen molar-refractivity contribution in [2.45, 2.75) is 52.6 Å². The highest BCUT2D eigenvalue weighted by atomic mass is 32.2. The molecule has 0 radical (unpaired) electrons. The standard InChI is InChI=1S/C14H26N2O3S/c1-5-10(4)12-14(18)16(8-9-20(19)7-3)11(6-2)13(17)15-12/h10-12H,5-9H2,1-4H3,(H,15,17). The highest BCUT2D eigenvalue weighted by molar-refractivity contribution is 7.84. The predicted molar refractivity (Wildman–Crippen MR) is 80.7 cm³/mol. The Labute approximate surface area is 123 Å². The van der Waals surface area contributed by atoms with Crippen LogP contribution in [0.25, 0.3) is 0 Å². The predicted octanol–water partition coefficient (Wildman–Crippen LogP) is 0.907. The van der Waals surface area contributed by atoms with Gasteiger partial charge in [-0.1, -0.05) is 34.1 Å². The zero-order valence-corrected chi connectivity index (χ0v) is 13.7. The van der Waals surface area contributed by atoms with Crippen molar-refractivity contribution in [1.82, 2.24) is 10.2 Å². The number of nitrogens with zero attached hydrogens (tertiary/aromatic N) is 1. The molecule has 0 aromatic heterocycles. The van der Waals surface area contributed by atoms with Crippen molar-refractivity contribution in [2.24, 2.45) is 5.92 Å². The van der Waals surface area contributed by atoms with E-state index in [1.165, 1.54) is 0 Å². The molecular formula is C14H26N2O3S. The molecule has 6 heteroatoms.